The Bertz CT molecular complexity index is 725. The van der Waals surface area contributed by atoms with Crippen LogP contribution in [-0.4, -0.2) is 43.4 Å². The van der Waals surface area contributed by atoms with Crippen molar-refractivity contribution in [2.24, 2.45) is 5.92 Å². The van der Waals surface area contributed by atoms with Gasteiger partial charge in [-0.2, -0.15) is 0 Å². The number of nitrogens with zero attached hydrogens (tertiary/aromatic N) is 1. The van der Waals surface area contributed by atoms with Gasteiger partial charge in [0, 0.05) is 24.3 Å². The number of hydrogen-bond donors (Lipinski definition) is 2. The fraction of sp³-hybridized carbons (Fsp3) is 0.368. The normalized spacial score (nSPS) is 17.3. The topological polar surface area (TPSA) is 74.6 Å². The molecular formula is C19H23N3O3. The molecule has 1 aromatic carbocycles. The van der Waals surface area contributed by atoms with Crippen LogP contribution >= 0.6 is 0 Å². The molecule has 0 radical (unpaired) electrons. The Kier molecular flexibility index (Phi) is 5.50. The van der Waals surface area contributed by atoms with Crippen LogP contribution in [0.3, 0.4) is 0 Å². The molecule has 2 N–H and O–H groups in total. The van der Waals surface area contributed by atoms with Crippen LogP contribution in [0.1, 0.15) is 33.8 Å². The monoisotopic (exact) mass is 341 g/mol. The summed E-state index contributed by atoms with van der Waals surface area (Å²) in [6.07, 6.45) is 3.61. The number of piperidine rings is 1. The van der Waals surface area contributed by atoms with Crippen molar-refractivity contribution in [2.75, 3.05) is 32.0 Å². The van der Waals surface area contributed by atoms with Crippen molar-refractivity contribution in [3.05, 3.63) is 54.0 Å². The molecule has 2 amide bonds. The van der Waals surface area contributed by atoms with Crippen molar-refractivity contribution >= 4 is 17.5 Å². The van der Waals surface area contributed by atoms with E-state index in [0.717, 1.165) is 32.5 Å². The first kappa shape index (κ1) is 17.2. The smallest absolute Gasteiger partial charge is 0.291 e. The Morgan fingerprint density at radius 2 is 2.16 bits per heavy atom. The maximum atomic E-state index is 12.8. The van der Waals surface area contributed by atoms with Gasteiger partial charge in [0.25, 0.3) is 11.8 Å². The number of amides is 2. The van der Waals surface area contributed by atoms with Crippen molar-refractivity contribution in [1.29, 1.82) is 0 Å². The number of hydrogen-bond acceptors (Lipinski definition) is 4. The van der Waals surface area contributed by atoms with Crippen LogP contribution in [0, 0.1) is 5.92 Å². The van der Waals surface area contributed by atoms with Gasteiger partial charge in [0.05, 0.1) is 6.26 Å². The second-order valence-corrected chi connectivity index (χ2v) is 6.33. The molecule has 1 atom stereocenters. The fourth-order valence-corrected chi connectivity index (χ4v) is 3.22. The summed E-state index contributed by atoms with van der Waals surface area (Å²) < 4.78 is 5.08. The van der Waals surface area contributed by atoms with Crippen molar-refractivity contribution in [3.8, 4) is 0 Å². The molecule has 25 heavy (non-hydrogen) atoms. The minimum absolute atomic E-state index is 0.00917. The average Bonchev–Trinajstić information content (AvgIpc) is 3.17. The lowest BCUT2D eigenvalue weighted by atomic mass is 9.97. The Morgan fingerprint density at radius 1 is 1.28 bits per heavy atom. The summed E-state index contributed by atoms with van der Waals surface area (Å²) in [6, 6.07) is 10.3. The number of anilines is 1. The molecule has 6 nitrogen and oxygen atoms in total. The molecule has 0 saturated carbocycles. The van der Waals surface area contributed by atoms with Gasteiger partial charge in [-0.05, 0) is 62.7 Å². The maximum absolute atomic E-state index is 12.8. The fourth-order valence-electron chi connectivity index (χ4n) is 3.22. The van der Waals surface area contributed by atoms with Crippen molar-refractivity contribution in [3.63, 3.8) is 0 Å². The molecule has 3 rings (SSSR count). The maximum Gasteiger partial charge on any atom is 0.291 e. The van der Waals surface area contributed by atoms with Crippen LogP contribution < -0.4 is 10.6 Å². The Labute approximate surface area is 147 Å². The third-order valence-electron chi connectivity index (χ3n) is 4.41. The molecule has 0 spiro atoms. The van der Waals surface area contributed by atoms with E-state index in [9.17, 15) is 9.59 Å². The highest BCUT2D eigenvalue weighted by Gasteiger charge is 2.24. The summed E-state index contributed by atoms with van der Waals surface area (Å²) in [6.45, 7) is 2.47. The van der Waals surface area contributed by atoms with Crippen molar-refractivity contribution < 1.29 is 14.0 Å². The Balaban J connectivity index is 1.68. The lowest BCUT2D eigenvalue weighted by Crippen LogP contribution is -2.42. The standard InChI is InChI=1S/C19H23N3O3/c1-20-12-14-5-3-9-22(13-14)19(24)15-6-2-7-16(11-15)21-18(23)17-8-4-10-25-17/h2,4,6-8,10-11,14,20H,3,5,9,12-13H2,1H3,(H,21,23). The van der Waals surface area contributed by atoms with E-state index in [2.05, 4.69) is 10.6 Å². The average molecular weight is 341 g/mol. The van der Waals surface area contributed by atoms with E-state index in [-0.39, 0.29) is 17.6 Å². The molecule has 1 unspecified atom stereocenters. The van der Waals surface area contributed by atoms with Crippen LogP contribution in [0.2, 0.25) is 0 Å². The number of rotatable bonds is 5. The third-order valence-corrected chi connectivity index (χ3v) is 4.41. The minimum Gasteiger partial charge on any atom is -0.459 e. The first-order valence-electron chi connectivity index (χ1n) is 8.56. The molecule has 0 bridgehead atoms. The number of benzene rings is 1. The highest BCUT2D eigenvalue weighted by atomic mass is 16.3. The van der Waals surface area contributed by atoms with Gasteiger partial charge in [0.1, 0.15) is 0 Å². The van der Waals surface area contributed by atoms with Gasteiger partial charge in [-0.15, -0.1) is 0 Å². The van der Waals surface area contributed by atoms with Gasteiger partial charge in [-0.25, -0.2) is 0 Å². The molecule has 1 aliphatic rings. The largest absolute Gasteiger partial charge is 0.459 e. The molecule has 132 valence electrons. The van der Waals surface area contributed by atoms with Gasteiger partial charge < -0.3 is 20.0 Å². The van der Waals surface area contributed by atoms with Gasteiger partial charge in [-0.3, -0.25) is 9.59 Å². The van der Waals surface area contributed by atoms with Crippen LogP contribution in [0.4, 0.5) is 5.69 Å². The summed E-state index contributed by atoms with van der Waals surface area (Å²) >= 11 is 0. The minimum atomic E-state index is -0.332. The van der Waals surface area contributed by atoms with E-state index < -0.39 is 0 Å². The Hall–Kier alpha value is -2.60. The number of nitrogens with one attached hydrogen (secondary N) is 2. The zero-order chi connectivity index (χ0) is 17.6. The van der Waals surface area contributed by atoms with E-state index in [1.165, 1.54) is 6.26 Å². The molecule has 1 aromatic heterocycles. The quantitative estimate of drug-likeness (QED) is 0.877. The predicted octanol–water partition coefficient (Wildman–Crippen LogP) is 2.60. The molecule has 2 aromatic rings. The van der Waals surface area contributed by atoms with E-state index >= 15 is 0 Å². The lowest BCUT2D eigenvalue weighted by molar-refractivity contribution is 0.0674. The number of carbonyl (C=O) groups excluding carboxylic acids is 2. The zero-order valence-corrected chi connectivity index (χ0v) is 14.3. The molecule has 0 aliphatic carbocycles. The molecule has 1 fully saturated rings. The summed E-state index contributed by atoms with van der Waals surface area (Å²) in [5.41, 5.74) is 1.17. The van der Waals surface area contributed by atoms with E-state index in [1.54, 1.807) is 36.4 Å². The lowest BCUT2D eigenvalue weighted by Gasteiger charge is -2.32. The van der Waals surface area contributed by atoms with Crippen LogP contribution in [0.15, 0.2) is 47.1 Å². The third kappa shape index (κ3) is 4.28. The first-order chi connectivity index (χ1) is 12.2. The van der Waals surface area contributed by atoms with Crippen molar-refractivity contribution in [1.82, 2.24) is 10.2 Å². The van der Waals surface area contributed by atoms with Crippen LogP contribution in [0.25, 0.3) is 0 Å². The Morgan fingerprint density at radius 3 is 2.92 bits per heavy atom. The highest BCUT2D eigenvalue weighted by Crippen LogP contribution is 2.20. The summed E-state index contributed by atoms with van der Waals surface area (Å²) in [4.78, 5) is 26.8. The van der Waals surface area contributed by atoms with E-state index in [0.29, 0.717) is 17.2 Å². The summed E-state index contributed by atoms with van der Waals surface area (Å²) in [5.74, 6) is 0.406. The molecule has 1 aliphatic heterocycles. The number of likely N-dealkylation sites (tertiary alicyclic amines) is 1. The molecule has 1 saturated heterocycles. The number of furan rings is 1. The summed E-state index contributed by atoms with van der Waals surface area (Å²) in [5, 5.41) is 5.94. The molecule has 6 heteroatoms. The summed E-state index contributed by atoms with van der Waals surface area (Å²) in [7, 11) is 1.94. The van der Waals surface area contributed by atoms with Crippen molar-refractivity contribution in [2.45, 2.75) is 12.8 Å². The van der Waals surface area contributed by atoms with Crippen LogP contribution in [-0.2, 0) is 0 Å². The number of carbonyl (C=O) groups is 2. The molecule has 2 heterocycles. The van der Waals surface area contributed by atoms with Gasteiger partial charge >= 0.3 is 0 Å². The predicted molar refractivity (Wildman–Crippen MR) is 95.7 cm³/mol. The van der Waals surface area contributed by atoms with Gasteiger partial charge in [-0.1, -0.05) is 6.07 Å². The first-order valence-corrected chi connectivity index (χ1v) is 8.56. The van der Waals surface area contributed by atoms with E-state index in [1.807, 2.05) is 11.9 Å². The second kappa shape index (κ2) is 7.98. The SMILES string of the molecule is CNCC1CCCN(C(=O)c2cccc(NC(=O)c3ccco3)c2)C1. The zero-order valence-electron chi connectivity index (χ0n) is 14.3. The van der Waals surface area contributed by atoms with Gasteiger partial charge in [0.2, 0.25) is 0 Å². The van der Waals surface area contributed by atoms with E-state index in [4.69, 9.17) is 4.42 Å². The molecular weight excluding hydrogens is 318 g/mol. The second-order valence-electron chi connectivity index (χ2n) is 6.33. The van der Waals surface area contributed by atoms with Gasteiger partial charge in [0.15, 0.2) is 5.76 Å². The van der Waals surface area contributed by atoms with Crippen LogP contribution in [0.5, 0.6) is 0 Å². The highest BCUT2D eigenvalue weighted by molar-refractivity contribution is 6.03.